The van der Waals surface area contributed by atoms with Crippen LogP contribution in [0.1, 0.15) is 43.8 Å². The molecule has 1 aliphatic carbocycles. The molecule has 0 amide bonds. The van der Waals surface area contributed by atoms with Crippen LogP contribution in [-0.4, -0.2) is 32.3 Å². The molecule has 1 aliphatic heterocycles. The molecule has 2 aliphatic rings. The van der Waals surface area contributed by atoms with Gasteiger partial charge in [-0.05, 0) is 31.9 Å². The maximum absolute atomic E-state index is 4.35. The highest BCUT2D eigenvalue weighted by Gasteiger charge is 2.26. The van der Waals surface area contributed by atoms with Crippen molar-refractivity contribution in [2.24, 2.45) is 0 Å². The average Bonchev–Trinajstić information content (AvgIpc) is 3.02. The van der Waals surface area contributed by atoms with Crippen molar-refractivity contribution in [3.63, 3.8) is 0 Å². The molecule has 0 spiro atoms. The van der Waals surface area contributed by atoms with Gasteiger partial charge in [0.05, 0.1) is 6.54 Å². The van der Waals surface area contributed by atoms with E-state index in [0.29, 0.717) is 6.04 Å². The highest BCUT2D eigenvalue weighted by Crippen LogP contribution is 2.28. The van der Waals surface area contributed by atoms with Crippen LogP contribution in [0.15, 0.2) is 0 Å². The van der Waals surface area contributed by atoms with Crippen molar-refractivity contribution in [3.8, 4) is 0 Å². The summed E-state index contributed by atoms with van der Waals surface area (Å²) in [5, 5.41) is 13.1. The van der Waals surface area contributed by atoms with Gasteiger partial charge in [-0.25, -0.2) is 0 Å². The number of thioether (sulfide) groups is 1. The van der Waals surface area contributed by atoms with Gasteiger partial charge in [0.15, 0.2) is 0 Å². The lowest BCUT2D eigenvalue weighted by atomic mass is 10.1. The zero-order valence-electron chi connectivity index (χ0n) is 11.1. The minimum absolute atomic E-state index is 0.663. The van der Waals surface area contributed by atoms with Crippen LogP contribution in [0.4, 0.5) is 0 Å². The zero-order chi connectivity index (χ0) is 12.4. The Bertz CT molecular complexity index is 404. The van der Waals surface area contributed by atoms with E-state index in [9.17, 15) is 0 Å². The molecule has 100 valence electrons. The Balaban J connectivity index is 1.61. The van der Waals surface area contributed by atoms with E-state index in [4.69, 9.17) is 0 Å². The highest BCUT2D eigenvalue weighted by molar-refractivity contribution is 7.99. The first-order valence-corrected chi connectivity index (χ1v) is 8.34. The lowest BCUT2D eigenvalue weighted by Crippen LogP contribution is -2.34. The van der Waals surface area contributed by atoms with Crippen molar-refractivity contribution in [1.29, 1.82) is 0 Å². The highest BCUT2D eigenvalue weighted by atomic mass is 32.2. The molecular formula is C13H22N4S. The molecule has 3 rings (SSSR count). The van der Waals surface area contributed by atoms with Gasteiger partial charge >= 0.3 is 0 Å². The SMILES string of the molecule is CSC1CCCC1NCc1nnc2n1CCCC2. The van der Waals surface area contributed by atoms with Gasteiger partial charge in [0.25, 0.3) is 0 Å². The van der Waals surface area contributed by atoms with Gasteiger partial charge in [0.1, 0.15) is 11.6 Å². The number of aryl methyl sites for hydroxylation is 1. The molecule has 1 aromatic rings. The fraction of sp³-hybridized carbons (Fsp3) is 0.846. The van der Waals surface area contributed by atoms with Crippen molar-refractivity contribution >= 4 is 11.8 Å². The molecule has 1 N–H and O–H groups in total. The van der Waals surface area contributed by atoms with Crippen LogP contribution in [-0.2, 0) is 19.5 Å². The maximum Gasteiger partial charge on any atom is 0.147 e. The topological polar surface area (TPSA) is 42.7 Å². The summed E-state index contributed by atoms with van der Waals surface area (Å²) in [7, 11) is 0. The van der Waals surface area contributed by atoms with Crippen LogP contribution in [0.2, 0.25) is 0 Å². The lowest BCUT2D eigenvalue weighted by molar-refractivity contribution is 0.473. The van der Waals surface area contributed by atoms with E-state index in [-0.39, 0.29) is 0 Å². The van der Waals surface area contributed by atoms with E-state index in [1.165, 1.54) is 37.9 Å². The Morgan fingerprint density at radius 2 is 2.22 bits per heavy atom. The third-order valence-corrected chi connectivity index (χ3v) is 5.38. The van der Waals surface area contributed by atoms with Gasteiger partial charge in [-0.1, -0.05) is 6.42 Å². The Kier molecular flexibility index (Phi) is 3.89. The molecule has 18 heavy (non-hydrogen) atoms. The van der Waals surface area contributed by atoms with Crippen LogP contribution in [0.5, 0.6) is 0 Å². The van der Waals surface area contributed by atoms with E-state index in [1.54, 1.807) is 0 Å². The van der Waals surface area contributed by atoms with Crippen LogP contribution in [0.3, 0.4) is 0 Å². The number of aromatic nitrogens is 3. The smallest absolute Gasteiger partial charge is 0.147 e. The minimum Gasteiger partial charge on any atom is -0.314 e. The zero-order valence-corrected chi connectivity index (χ0v) is 11.9. The van der Waals surface area contributed by atoms with Crippen molar-refractivity contribution in [3.05, 3.63) is 11.6 Å². The second-order valence-corrected chi connectivity index (χ2v) is 6.41. The molecule has 0 radical (unpaired) electrons. The van der Waals surface area contributed by atoms with Crippen LogP contribution >= 0.6 is 11.8 Å². The van der Waals surface area contributed by atoms with Crippen molar-refractivity contribution in [2.75, 3.05) is 6.26 Å². The first kappa shape index (κ1) is 12.5. The molecule has 1 saturated carbocycles. The van der Waals surface area contributed by atoms with Crippen molar-refractivity contribution in [1.82, 2.24) is 20.1 Å². The number of hydrogen-bond acceptors (Lipinski definition) is 4. The summed E-state index contributed by atoms with van der Waals surface area (Å²) in [5.74, 6) is 2.32. The summed E-state index contributed by atoms with van der Waals surface area (Å²) in [6.07, 6.45) is 9.90. The van der Waals surface area contributed by atoms with E-state index >= 15 is 0 Å². The number of fused-ring (bicyclic) bond motifs is 1. The van der Waals surface area contributed by atoms with Crippen molar-refractivity contribution < 1.29 is 0 Å². The number of hydrogen-bond donors (Lipinski definition) is 1. The molecule has 4 nitrogen and oxygen atoms in total. The molecule has 1 aromatic heterocycles. The Morgan fingerprint density at radius 3 is 3.11 bits per heavy atom. The summed E-state index contributed by atoms with van der Waals surface area (Å²) in [6, 6.07) is 0.663. The molecule has 2 heterocycles. The quantitative estimate of drug-likeness (QED) is 0.905. The summed E-state index contributed by atoms with van der Waals surface area (Å²) >= 11 is 2.00. The molecular weight excluding hydrogens is 244 g/mol. The van der Waals surface area contributed by atoms with Crippen LogP contribution in [0, 0.1) is 0 Å². The second-order valence-electron chi connectivity index (χ2n) is 5.33. The van der Waals surface area contributed by atoms with Gasteiger partial charge < -0.3 is 9.88 Å². The fourth-order valence-electron chi connectivity index (χ4n) is 3.16. The van der Waals surface area contributed by atoms with E-state index in [2.05, 4.69) is 26.3 Å². The van der Waals surface area contributed by atoms with Gasteiger partial charge in [-0.2, -0.15) is 11.8 Å². The maximum atomic E-state index is 4.35. The van der Waals surface area contributed by atoms with Gasteiger partial charge in [-0.15, -0.1) is 10.2 Å². The molecule has 2 unspecified atom stereocenters. The number of nitrogens with one attached hydrogen (secondary N) is 1. The molecule has 0 aromatic carbocycles. The van der Waals surface area contributed by atoms with E-state index in [1.807, 2.05) is 11.8 Å². The first-order valence-electron chi connectivity index (χ1n) is 7.05. The summed E-state index contributed by atoms with van der Waals surface area (Å²) in [4.78, 5) is 0. The molecule has 1 fully saturated rings. The third-order valence-electron chi connectivity index (χ3n) is 4.21. The predicted molar refractivity (Wildman–Crippen MR) is 74.7 cm³/mol. The minimum atomic E-state index is 0.663. The molecule has 0 saturated heterocycles. The van der Waals surface area contributed by atoms with Gasteiger partial charge in [0.2, 0.25) is 0 Å². The third kappa shape index (κ3) is 2.43. The Labute approximate surface area is 113 Å². The van der Waals surface area contributed by atoms with Gasteiger partial charge in [0, 0.05) is 24.3 Å². The fourth-order valence-corrected chi connectivity index (χ4v) is 4.13. The summed E-state index contributed by atoms with van der Waals surface area (Å²) in [5.41, 5.74) is 0. The molecule has 5 heteroatoms. The summed E-state index contributed by atoms with van der Waals surface area (Å²) < 4.78 is 2.32. The molecule has 0 bridgehead atoms. The average molecular weight is 266 g/mol. The largest absolute Gasteiger partial charge is 0.314 e. The van der Waals surface area contributed by atoms with Crippen LogP contribution in [0.25, 0.3) is 0 Å². The molecule has 2 atom stereocenters. The number of nitrogens with zero attached hydrogens (tertiary/aromatic N) is 3. The summed E-state index contributed by atoms with van der Waals surface area (Å²) in [6.45, 7) is 1.99. The Morgan fingerprint density at radius 1 is 1.28 bits per heavy atom. The van der Waals surface area contributed by atoms with Crippen LogP contribution < -0.4 is 5.32 Å². The Hall–Kier alpha value is -0.550. The van der Waals surface area contributed by atoms with Gasteiger partial charge in [-0.3, -0.25) is 0 Å². The second kappa shape index (κ2) is 5.61. The standard InChI is InChI=1S/C13H22N4S/c1-18-11-6-4-5-10(11)14-9-13-16-15-12-7-2-3-8-17(12)13/h10-11,14H,2-9H2,1H3. The predicted octanol–water partition coefficient (Wildman–Crippen LogP) is 1.99. The monoisotopic (exact) mass is 266 g/mol. The normalized spacial score (nSPS) is 27.4. The van der Waals surface area contributed by atoms with Crippen molar-refractivity contribution in [2.45, 2.75) is 62.9 Å². The van der Waals surface area contributed by atoms with E-state index < -0.39 is 0 Å². The first-order chi connectivity index (χ1) is 8.88. The lowest BCUT2D eigenvalue weighted by Gasteiger charge is -2.20. The number of rotatable bonds is 4. The van der Waals surface area contributed by atoms with E-state index in [0.717, 1.165) is 30.6 Å².